The number of benzene rings is 2. The average Bonchev–Trinajstić information content (AvgIpc) is 3.28. The molecule has 9 heteroatoms. The summed E-state index contributed by atoms with van der Waals surface area (Å²) in [5.74, 6) is 0.338. The van der Waals surface area contributed by atoms with E-state index in [-0.39, 0.29) is 29.8 Å². The van der Waals surface area contributed by atoms with Crippen molar-refractivity contribution < 1.29 is 17.9 Å². The van der Waals surface area contributed by atoms with E-state index < -0.39 is 10.0 Å². The van der Waals surface area contributed by atoms with E-state index in [4.69, 9.17) is 16.3 Å². The molecule has 2 N–H and O–H groups in total. The van der Waals surface area contributed by atoms with E-state index >= 15 is 0 Å². The summed E-state index contributed by atoms with van der Waals surface area (Å²) in [6.45, 7) is 2.34. The molecule has 0 saturated carbocycles. The van der Waals surface area contributed by atoms with Gasteiger partial charge in [0.15, 0.2) is 0 Å². The number of carbonyl (C=O) groups excluding carboxylic acids is 1. The van der Waals surface area contributed by atoms with Crippen molar-refractivity contribution >= 4 is 38.9 Å². The third-order valence-corrected chi connectivity index (χ3v) is 7.09. The topological polar surface area (TPSA) is 84.5 Å². The molecule has 3 rings (SSSR count). The number of amides is 1. The molecule has 0 bridgehead atoms. The molecule has 0 spiro atoms. The van der Waals surface area contributed by atoms with Crippen molar-refractivity contribution in [1.29, 1.82) is 0 Å². The van der Waals surface area contributed by atoms with Gasteiger partial charge in [0.1, 0.15) is 5.75 Å². The third-order valence-electron chi connectivity index (χ3n) is 4.43. The molecule has 0 aliphatic carbocycles. The van der Waals surface area contributed by atoms with E-state index in [9.17, 15) is 13.2 Å². The Bertz CT molecular complexity index is 1080. The fourth-order valence-electron chi connectivity index (χ4n) is 2.93. The Hall–Kier alpha value is -2.39. The van der Waals surface area contributed by atoms with Gasteiger partial charge in [0.25, 0.3) is 0 Å². The van der Waals surface area contributed by atoms with Crippen molar-refractivity contribution in [2.45, 2.75) is 24.3 Å². The van der Waals surface area contributed by atoms with Crippen molar-refractivity contribution in [2.75, 3.05) is 13.2 Å². The number of nitrogens with one attached hydrogen (secondary N) is 2. The molecule has 31 heavy (non-hydrogen) atoms. The molecule has 2 aromatic carbocycles. The van der Waals surface area contributed by atoms with Crippen LogP contribution in [0.25, 0.3) is 0 Å². The summed E-state index contributed by atoms with van der Waals surface area (Å²) < 4.78 is 32.7. The highest BCUT2D eigenvalue weighted by Crippen LogP contribution is 2.27. The lowest BCUT2D eigenvalue weighted by Crippen LogP contribution is -2.33. The van der Waals surface area contributed by atoms with Gasteiger partial charge >= 0.3 is 0 Å². The number of thiophene rings is 1. The Morgan fingerprint density at radius 2 is 1.81 bits per heavy atom. The Balaban J connectivity index is 1.59. The predicted molar refractivity (Wildman–Crippen MR) is 123 cm³/mol. The fourth-order valence-corrected chi connectivity index (χ4v) is 4.89. The largest absolute Gasteiger partial charge is 0.494 e. The molecule has 1 aromatic heterocycles. The van der Waals surface area contributed by atoms with Crippen LogP contribution in [0, 0.1) is 0 Å². The molecule has 1 heterocycles. The maximum absolute atomic E-state index is 12.5. The molecule has 0 saturated heterocycles. The molecule has 1 amide bonds. The molecule has 0 aliphatic rings. The van der Waals surface area contributed by atoms with Gasteiger partial charge < -0.3 is 10.1 Å². The zero-order valence-corrected chi connectivity index (χ0v) is 19.3. The quantitative estimate of drug-likeness (QED) is 0.453. The van der Waals surface area contributed by atoms with Crippen LogP contribution in [0.4, 0.5) is 0 Å². The van der Waals surface area contributed by atoms with Gasteiger partial charge in [-0.1, -0.05) is 29.8 Å². The van der Waals surface area contributed by atoms with Crippen LogP contribution in [-0.4, -0.2) is 27.5 Å². The van der Waals surface area contributed by atoms with Gasteiger partial charge in [0.05, 0.1) is 17.5 Å². The molecule has 6 nitrogen and oxygen atoms in total. The molecule has 3 aromatic rings. The molecule has 0 radical (unpaired) electrons. The average molecular weight is 479 g/mol. The van der Waals surface area contributed by atoms with Crippen LogP contribution >= 0.6 is 22.9 Å². The van der Waals surface area contributed by atoms with Crippen LogP contribution < -0.4 is 14.8 Å². The second kappa shape index (κ2) is 10.8. The number of hydrogen-bond donors (Lipinski definition) is 2. The number of halogens is 1. The first kappa shape index (κ1) is 23.3. The van der Waals surface area contributed by atoms with E-state index in [1.807, 2.05) is 36.6 Å². The second-order valence-electron chi connectivity index (χ2n) is 6.62. The highest BCUT2D eigenvalue weighted by molar-refractivity contribution is 7.89. The van der Waals surface area contributed by atoms with E-state index in [2.05, 4.69) is 10.0 Å². The zero-order chi connectivity index (χ0) is 22.3. The molecule has 1 unspecified atom stereocenters. The summed E-state index contributed by atoms with van der Waals surface area (Å²) in [6.07, 6.45) is 0.00568. The normalized spacial score (nSPS) is 12.3. The van der Waals surface area contributed by atoms with Crippen molar-refractivity contribution in [3.63, 3.8) is 0 Å². The number of sulfonamides is 1. The van der Waals surface area contributed by atoms with Crippen LogP contribution in [0.5, 0.6) is 5.75 Å². The Morgan fingerprint density at radius 1 is 1.10 bits per heavy atom. The maximum atomic E-state index is 12.5. The van der Waals surface area contributed by atoms with Crippen molar-refractivity contribution in [3.05, 3.63) is 81.5 Å². The first-order chi connectivity index (χ1) is 14.9. The summed E-state index contributed by atoms with van der Waals surface area (Å²) in [5.41, 5.74) is 0.898. The minimum absolute atomic E-state index is 0.00568. The van der Waals surface area contributed by atoms with Gasteiger partial charge in [0.2, 0.25) is 15.9 Å². The second-order valence-corrected chi connectivity index (χ2v) is 9.80. The van der Waals surface area contributed by atoms with Crippen molar-refractivity contribution in [2.24, 2.45) is 0 Å². The molecule has 0 fully saturated rings. The fraction of sp³-hybridized carbons (Fsp3) is 0.227. The lowest BCUT2D eigenvalue weighted by molar-refractivity contribution is -0.121. The number of hydrogen-bond acceptors (Lipinski definition) is 5. The molecular formula is C22H23ClN2O4S2. The Labute approximate surface area is 191 Å². The maximum Gasteiger partial charge on any atom is 0.240 e. The number of rotatable bonds is 10. The van der Waals surface area contributed by atoms with Crippen LogP contribution in [0.1, 0.15) is 29.8 Å². The number of ether oxygens (including phenoxy) is 1. The number of carbonyl (C=O) groups is 1. The highest BCUT2D eigenvalue weighted by atomic mass is 35.5. The summed E-state index contributed by atoms with van der Waals surface area (Å²) in [7, 11) is -3.71. The van der Waals surface area contributed by atoms with Crippen LogP contribution in [0.15, 0.2) is 70.9 Å². The standard InChI is InChI=1S/C22H23ClN2O4S2/c1-2-29-18-9-11-19(12-10-18)31(27,28)24-14-13-21(26)25-22(20-4-3-15-30-20)16-5-7-17(23)8-6-16/h3-12,15,22,24H,2,13-14H2,1H3,(H,25,26). The highest BCUT2D eigenvalue weighted by Gasteiger charge is 2.19. The van der Waals surface area contributed by atoms with Crippen LogP contribution in [0.2, 0.25) is 5.02 Å². The smallest absolute Gasteiger partial charge is 0.240 e. The Morgan fingerprint density at radius 3 is 2.42 bits per heavy atom. The van der Waals surface area contributed by atoms with Crippen molar-refractivity contribution in [3.8, 4) is 5.75 Å². The van der Waals surface area contributed by atoms with Crippen LogP contribution in [0.3, 0.4) is 0 Å². The molecular weight excluding hydrogens is 456 g/mol. The third kappa shape index (κ3) is 6.54. The summed E-state index contributed by atoms with van der Waals surface area (Å²) in [4.78, 5) is 13.6. The van der Waals surface area contributed by atoms with E-state index in [0.717, 1.165) is 10.4 Å². The van der Waals surface area contributed by atoms with Gasteiger partial charge in [-0.3, -0.25) is 4.79 Å². The predicted octanol–water partition coefficient (Wildman–Crippen LogP) is 4.37. The van der Waals surface area contributed by atoms with Gasteiger partial charge in [-0.15, -0.1) is 11.3 Å². The van der Waals surface area contributed by atoms with E-state index in [0.29, 0.717) is 17.4 Å². The zero-order valence-electron chi connectivity index (χ0n) is 16.9. The Kier molecular flexibility index (Phi) is 8.09. The first-order valence-electron chi connectivity index (χ1n) is 9.70. The van der Waals surface area contributed by atoms with Gasteiger partial charge in [-0.2, -0.15) is 0 Å². The first-order valence-corrected chi connectivity index (χ1v) is 12.4. The van der Waals surface area contributed by atoms with E-state index in [1.54, 1.807) is 24.3 Å². The monoisotopic (exact) mass is 478 g/mol. The lowest BCUT2D eigenvalue weighted by atomic mass is 10.1. The molecule has 1 atom stereocenters. The van der Waals surface area contributed by atoms with Gasteiger partial charge in [0, 0.05) is 22.9 Å². The van der Waals surface area contributed by atoms with E-state index in [1.165, 1.54) is 23.5 Å². The minimum Gasteiger partial charge on any atom is -0.494 e. The SMILES string of the molecule is CCOc1ccc(S(=O)(=O)NCCC(=O)NC(c2ccc(Cl)cc2)c2cccs2)cc1. The van der Waals surface area contributed by atoms with Gasteiger partial charge in [-0.25, -0.2) is 13.1 Å². The molecule has 164 valence electrons. The van der Waals surface area contributed by atoms with Crippen molar-refractivity contribution in [1.82, 2.24) is 10.0 Å². The summed E-state index contributed by atoms with van der Waals surface area (Å²) >= 11 is 7.51. The van der Waals surface area contributed by atoms with Gasteiger partial charge in [-0.05, 0) is 60.3 Å². The lowest BCUT2D eigenvalue weighted by Gasteiger charge is -2.18. The minimum atomic E-state index is -3.71. The summed E-state index contributed by atoms with van der Waals surface area (Å²) in [5, 5.41) is 5.53. The van der Waals surface area contributed by atoms with Crippen LogP contribution in [-0.2, 0) is 14.8 Å². The summed E-state index contributed by atoms with van der Waals surface area (Å²) in [6, 6.07) is 16.9. The molecule has 0 aliphatic heterocycles.